The lowest BCUT2D eigenvalue weighted by Gasteiger charge is -2.49. The highest BCUT2D eigenvalue weighted by Crippen LogP contribution is 2.39. The van der Waals surface area contributed by atoms with Crippen LogP contribution in [0.15, 0.2) is 53.1 Å². The molecular formula is C29H36N4O4. The Morgan fingerprint density at radius 2 is 2.00 bits per heavy atom. The first kappa shape index (κ1) is 25.4. The van der Waals surface area contributed by atoms with Gasteiger partial charge in [-0.2, -0.15) is 4.98 Å². The molecule has 8 nitrogen and oxygen atoms in total. The average Bonchev–Trinajstić information content (AvgIpc) is 3.32. The van der Waals surface area contributed by atoms with E-state index >= 15 is 0 Å². The molecule has 0 N–H and O–H groups in total. The molecule has 8 heteroatoms. The van der Waals surface area contributed by atoms with Gasteiger partial charge in [0.15, 0.2) is 5.82 Å². The zero-order valence-corrected chi connectivity index (χ0v) is 22.1. The third kappa shape index (κ3) is 5.86. The van der Waals surface area contributed by atoms with Crippen molar-refractivity contribution in [2.45, 2.75) is 64.7 Å². The molecule has 0 saturated carbocycles. The molecule has 2 saturated heterocycles. The van der Waals surface area contributed by atoms with E-state index in [1.54, 1.807) is 4.90 Å². The molecule has 2 unspecified atom stereocenters. The van der Waals surface area contributed by atoms with Crippen molar-refractivity contribution in [3.63, 3.8) is 0 Å². The minimum atomic E-state index is -0.373. The minimum Gasteiger partial charge on any atom is -0.491 e. The van der Waals surface area contributed by atoms with Gasteiger partial charge in [0, 0.05) is 31.7 Å². The fourth-order valence-corrected chi connectivity index (χ4v) is 5.46. The van der Waals surface area contributed by atoms with E-state index < -0.39 is 0 Å². The lowest BCUT2D eigenvalue weighted by atomic mass is 9.81. The van der Waals surface area contributed by atoms with Gasteiger partial charge in [-0.1, -0.05) is 35.5 Å². The number of hydrogen-bond donors (Lipinski definition) is 0. The van der Waals surface area contributed by atoms with Crippen molar-refractivity contribution in [3.8, 4) is 5.75 Å². The fourth-order valence-electron chi connectivity index (χ4n) is 5.46. The van der Waals surface area contributed by atoms with Crippen LogP contribution in [-0.4, -0.2) is 63.9 Å². The molecule has 0 aliphatic carbocycles. The molecule has 0 radical (unpaired) electrons. The van der Waals surface area contributed by atoms with Crippen LogP contribution in [0.25, 0.3) is 0 Å². The summed E-state index contributed by atoms with van der Waals surface area (Å²) >= 11 is 0. The van der Waals surface area contributed by atoms with Crippen molar-refractivity contribution in [1.82, 2.24) is 19.9 Å². The Balaban J connectivity index is 1.29. The van der Waals surface area contributed by atoms with Crippen molar-refractivity contribution < 1.29 is 18.8 Å². The number of likely N-dealkylation sites (tertiary alicyclic amines) is 1. The number of rotatable bonds is 6. The Morgan fingerprint density at radius 1 is 1.19 bits per heavy atom. The van der Waals surface area contributed by atoms with Crippen LogP contribution in [0.3, 0.4) is 0 Å². The van der Waals surface area contributed by atoms with Crippen molar-refractivity contribution in [2.75, 3.05) is 26.4 Å². The molecule has 5 rings (SSSR count). The molecule has 1 spiro atoms. The van der Waals surface area contributed by atoms with Crippen LogP contribution in [0.4, 0.5) is 0 Å². The van der Waals surface area contributed by atoms with Crippen LogP contribution in [0.5, 0.6) is 5.75 Å². The van der Waals surface area contributed by atoms with E-state index in [0.29, 0.717) is 23.8 Å². The summed E-state index contributed by atoms with van der Waals surface area (Å²) in [6.07, 6.45) is 1.63. The standard InChI is InChI=1S/C29H36N4O4/c1-20(2)36-26-11-10-24(14-21(26)3)28(34)33-13-12-29(35-19-33)15-25(27-30-22(4)31-37-27)17-32(18-29)16-23-8-6-5-7-9-23/h5-11,14,20,25H,12-13,15-19H2,1-4H3. The van der Waals surface area contributed by atoms with E-state index in [2.05, 4.69) is 39.3 Å². The molecule has 3 heterocycles. The number of carbonyl (C=O) groups excluding carboxylic acids is 1. The van der Waals surface area contributed by atoms with Crippen LogP contribution in [0.1, 0.15) is 65.8 Å². The smallest absolute Gasteiger partial charge is 0.255 e. The van der Waals surface area contributed by atoms with Gasteiger partial charge >= 0.3 is 0 Å². The second-order valence-electron chi connectivity index (χ2n) is 10.7. The number of aryl methyl sites for hydroxylation is 2. The van der Waals surface area contributed by atoms with Crippen LogP contribution >= 0.6 is 0 Å². The van der Waals surface area contributed by atoms with Gasteiger partial charge in [-0.15, -0.1) is 0 Å². The molecule has 2 aliphatic rings. The maximum atomic E-state index is 13.3. The lowest BCUT2D eigenvalue weighted by Crippen LogP contribution is -2.58. The largest absolute Gasteiger partial charge is 0.491 e. The topological polar surface area (TPSA) is 80.9 Å². The second-order valence-corrected chi connectivity index (χ2v) is 10.7. The molecule has 37 heavy (non-hydrogen) atoms. The highest BCUT2D eigenvalue weighted by atomic mass is 16.5. The number of amides is 1. The number of aromatic nitrogens is 2. The second kappa shape index (κ2) is 10.6. The van der Waals surface area contributed by atoms with E-state index in [0.717, 1.165) is 43.8 Å². The summed E-state index contributed by atoms with van der Waals surface area (Å²) < 4.78 is 18.0. The first-order valence-electron chi connectivity index (χ1n) is 13.1. The maximum absolute atomic E-state index is 13.3. The molecule has 2 aromatic carbocycles. The number of piperidine rings is 1. The number of hydrogen-bond acceptors (Lipinski definition) is 7. The predicted molar refractivity (Wildman–Crippen MR) is 139 cm³/mol. The van der Waals surface area contributed by atoms with Gasteiger partial charge < -0.3 is 18.9 Å². The van der Waals surface area contributed by atoms with Gasteiger partial charge in [-0.3, -0.25) is 9.69 Å². The highest BCUT2D eigenvalue weighted by Gasteiger charge is 2.45. The van der Waals surface area contributed by atoms with Gasteiger partial charge in [0.05, 0.1) is 17.6 Å². The van der Waals surface area contributed by atoms with Gasteiger partial charge in [0.25, 0.3) is 5.91 Å². The Hall–Kier alpha value is -3.23. The van der Waals surface area contributed by atoms with Crippen LogP contribution < -0.4 is 4.74 Å². The summed E-state index contributed by atoms with van der Waals surface area (Å²) in [5.41, 5.74) is 2.49. The van der Waals surface area contributed by atoms with Crippen LogP contribution in [-0.2, 0) is 11.3 Å². The molecule has 3 aromatic rings. The van der Waals surface area contributed by atoms with Crippen LogP contribution in [0.2, 0.25) is 0 Å². The summed E-state index contributed by atoms with van der Waals surface area (Å²) in [5.74, 6) is 2.18. The Kier molecular flexibility index (Phi) is 7.31. The number of carbonyl (C=O) groups is 1. The van der Waals surface area contributed by atoms with Crippen molar-refractivity contribution in [3.05, 3.63) is 76.9 Å². The molecule has 2 atom stereocenters. The van der Waals surface area contributed by atoms with Crippen molar-refractivity contribution in [2.24, 2.45) is 0 Å². The summed E-state index contributed by atoms with van der Waals surface area (Å²) in [5, 5.41) is 4.02. The first-order valence-corrected chi connectivity index (χ1v) is 13.1. The monoisotopic (exact) mass is 504 g/mol. The summed E-state index contributed by atoms with van der Waals surface area (Å²) in [6.45, 7) is 11.2. The van der Waals surface area contributed by atoms with Crippen molar-refractivity contribution >= 4 is 5.91 Å². The Morgan fingerprint density at radius 3 is 2.65 bits per heavy atom. The third-order valence-corrected chi connectivity index (χ3v) is 7.19. The molecule has 2 aliphatic heterocycles. The molecule has 0 bridgehead atoms. The van der Waals surface area contributed by atoms with E-state index in [-0.39, 0.29) is 30.3 Å². The summed E-state index contributed by atoms with van der Waals surface area (Å²) in [4.78, 5) is 22.1. The zero-order valence-electron chi connectivity index (χ0n) is 22.1. The van der Waals surface area contributed by atoms with Gasteiger partial charge in [-0.25, -0.2) is 0 Å². The lowest BCUT2D eigenvalue weighted by molar-refractivity contribution is -0.159. The third-order valence-electron chi connectivity index (χ3n) is 7.19. The Bertz CT molecular complexity index is 1220. The summed E-state index contributed by atoms with van der Waals surface area (Å²) in [7, 11) is 0. The number of benzene rings is 2. The average molecular weight is 505 g/mol. The van der Waals surface area contributed by atoms with Gasteiger partial charge in [-0.05, 0) is 69.9 Å². The molecule has 1 aromatic heterocycles. The summed E-state index contributed by atoms with van der Waals surface area (Å²) in [6, 6.07) is 16.1. The normalized spacial score (nSPS) is 22.5. The SMILES string of the molecule is Cc1noc(C2CN(Cc3ccccc3)CC3(CCN(C(=O)c4ccc(OC(C)C)c(C)c4)CO3)C2)n1. The number of ether oxygens (including phenoxy) is 2. The predicted octanol–water partition coefficient (Wildman–Crippen LogP) is 4.72. The maximum Gasteiger partial charge on any atom is 0.255 e. The van der Waals surface area contributed by atoms with Gasteiger partial charge in [0.2, 0.25) is 5.89 Å². The zero-order chi connectivity index (χ0) is 26.0. The van der Waals surface area contributed by atoms with Gasteiger partial charge in [0.1, 0.15) is 12.5 Å². The first-order chi connectivity index (χ1) is 17.8. The quantitative estimate of drug-likeness (QED) is 0.480. The highest BCUT2D eigenvalue weighted by molar-refractivity contribution is 5.94. The molecule has 196 valence electrons. The van der Waals surface area contributed by atoms with E-state index in [1.165, 1.54) is 5.56 Å². The number of nitrogens with zero attached hydrogens (tertiary/aromatic N) is 4. The molecular weight excluding hydrogens is 468 g/mol. The Labute approximate surface area is 218 Å². The van der Waals surface area contributed by atoms with Crippen molar-refractivity contribution in [1.29, 1.82) is 0 Å². The van der Waals surface area contributed by atoms with E-state index in [9.17, 15) is 4.79 Å². The fraction of sp³-hybridized carbons (Fsp3) is 0.483. The minimum absolute atomic E-state index is 0.0184. The molecule has 1 amide bonds. The van der Waals surface area contributed by atoms with E-state index in [1.807, 2.05) is 52.0 Å². The van der Waals surface area contributed by atoms with Crippen LogP contribution in [0, 0.1) is 13.8 Å². The molecule has 2 fully saturated rings. The van der Waals surface area contributed by atoms with E-state index in [4.69, 9.17) is 14.0 Å².